The number of benzene rings is 2. The monoisotopic (exact) mass is 814 g/mol. The molecule has 13 heteroatoms. The van der Waals surface area contributed by atoms with E-state index in [-0.39, 0.29) is 23.6 Å². The lowest BCUT2D eigenvalue weighted by Crippen LogP contribution is -2.59. The number of carbonyl (C=O) groups excluding carboxylic acids is 3. The van der Waals surface area contributed by atoms with Crippen LogP contribution in [0.3, 0.4) is 0 Å². The van der Waals surface area contributed by atoms with Crippen LogP contribution < -0.4 is 21.3 Å². The second-order valence-electron chi connectivity index (χ2n) is 14.3. The largest absolute Gasteiger partial charge is 0.397 e. The average Bonchev–Trinajstić information content (AvgIpc) is 3.61. The first-order chi connectivity index (χ1) is 27.4. The maximum absolute atomic E-state index is 13.9. The van der Waals surface area contributed by atoms with Gasteiger partial charge in [-0.15, -0.1) is 11.3 Å². The molecule has 10 nitrogen and oxygen atoms in total. The standard InChI is InChI=1S/C21H23ClFN3OS.C21H23N3O3.C2H6/c1-4-14(23)11-17-12(2)20-13(8-9-26(17)3)10-18(28-20)21(27)25-19-15(22)6-5-7-16(19)24;1-15-10-18(20(26)23-17-4-2-16(12-25)3-5-17)19(22-11-15)24-13-21(14-24)6-8-27-9-7-21;1-2/h4-7,10-12H,8-9,24H2,1-3H3,(H,25,27);2-5,10-12H,6-9,13-14H2,1H3,(H,23,26);1-2H3/b14-4+,17-11+;;. The van der Waals surface area contributed by atoms with Crippen LogP contribution in [0.15, 0.2) is 84.5 Å². The van der Waals surface area contributed by atoms with Crippen molar-refractivity contribution in [3.63, 3.8) is 0 Å². The fourth-order valence-electron chi connectivity index (χ4n) is 7.16. The van der Waals surface area contributed by atoms with Crippen LogP contribution in [0.25, 0.3) is 0 Å². The molecule has 0 radical (unpaired) electrons. The number of aldehydes is 1. The van der Waals surface area contributed by atoms with E-state index in [9.17, 15) is 18.8 Å². The smallest absolute Gasteiger partial charge is 0.265 e. The van der Waals surface area contributed by atoms with Gasteiger partial charge in [0.2, 0.25) is 0 Å². The highest BCUT2D eigenvalue weighted by molar-refractivity contribution is 7.14. The van der Waals surface area contributed by atoms with Gasteiger partial charge in [0.05, 0.1) is 26.8 Å². The molecule has 2 fully saturated rings. The van der Waals surface area contributed by atoms with Crippen molar-refractivity contribution >= 4 is 63.9 Å². The van der Waals surface area contributed by atoms with Crippen molar-refractivity contribution in [2.24, 2.45) is 5.41 Å². The molecular formula is C44H52ClFN6O4S. The number of allylic oxidation sites excluding steroid dienone is 4. The zero-order valence-electron chi connectivity index (χ0n) is 33.5. The van der Waals surface area contributed by atoms with E-state index in [2.05, 4.69) is 25.4 Å². The van der Waals surface area contributed by atoms with Crippen molar-refractivity contribution in [1.82, 2.24) is 9.88 Å². The zero-order chi connectivity index (χ0) is 41.3. The van der Waals surface area contributed by atoms with Crippen LogP contribution in [0.5, 0.6) is 0 Å². The molecule has 4 aromatic rings. The highest BCUT2D eigenvalue weighted by Gasteiger charge is 2.45. The van der Waals surface area contributed by atoms with E-state index in [4.69, 9.17) is 22.1 Å². The molecule has 7 rings (SSSR count). The Morgan fingerprint density at radius 3 is 2.42 bits per heavy atom. The Balaban J connectivity index is 0.000000209. The molecule has 2 saturated heterocycles. The highest BCUT2D eigenvalue weighted by atomic mass is 35.5. The lowest BCUT2D eigenvalue weighted by atomic mass is 9.73. The number of hydrogen-bond donors (Lipinski definition) is 3. The van der Waals surface area contributed by atoms with Crippen LogP contribution >= 0.6 is 22.9 Å². The van der Waals surface area contributed by atoms with Gasteiger partial charge in [-0.3, -0.25) is 14.4 Å². The predicted molar refractivity (Wildman–Crippen MR) is 231 cm³/mol. The molecule has 0 aliphatic carbocycles. The summed E-state index contributed by atoms with van der Waals surface area (Å²) in [5, 5.41) is 6.12. The molecule has 2 aromatic carbocycles. The van der Waals surface area contributed by atoms with Gasteiger partial charge in [0.1, 0.15) is 17.9 Å². The Hall–Kier alpha value is -5.04. The van der Waals surface area contributed by atoms with Crippen LogP contribution in [-0.2, 0) is 11.2 Å². The quantitative estimate of drug-likeness (QED) is 0.124. The third kappa shape index (κ3) is 10.3. The Kier molecular flexibility index (Phi) is 14.7. The highest BCUT2D eigenvalue weighted by Crippen LogP contribution is 2.43. The number of hydrogen-bond acceptors (Lipinski definition) is 9. The summed E-state index contributed by atoms with van der Waals surface area (Å²) in [4.78, 5) is 46.9. The molecule has 3 aliphatic heterocycles. The molecule has 2 aromatic heterocycles. The fourth-order valence-corrected chi connectivity index (χ4v) is 8.57. The van der Waals surface area contributed by atoms with Crippen LogP contribution in [0.2, 0.25) is 5.02 Å². The van der Waals surface area contributed by atoms with Crippen molar-refractivity contribution in [3.05, 3.63) is 122 Å². The number of nitrogens with two attached hydrogens (primary N) is 1. The Morgan fingerprint density at radius 1 is 1.07 bits per heavy atom. The molecular weight excluding hydrogens is 763 g/mol. The number of rotatable bonds is 7. The number of nitrogens with zero attached hydrogens (tertiary/aromatic N) is 3. The number of halogens is 2. The van der Waals surface area contributed by atoms with E-state index >= 15 is 0 Å². The molecule has 0 bridgehead atoms. The van der Waals surface area contributed by atoms with Crippen molar-refractivity contribution < 1.29 is 23.5 Å². The number of likely N-dealkylation sites (N-methyl/N-ethyl adjacent to an activating group) is 1. The number of amides is 2. The van der Waals surface area contributed by atoms with E-state index in [1.165, 1.54) is 17.4 Å². The van der Waals surface area contributed by atoms with E-state index in [0.717, 1.165) is 85.9 Å². The third-order valence-electron chi connectivity index (χ3n) is 10.4. The second-order valence-corrected chi connectivity index (χ2v) is 15.8. The number of para-hydroxylation sites is 1. The number of fused-ring (bicyclic) bond motifs is 1. The molecule has 3 aliphatic rings. The van der Waals surface area contributed by atoms with Gasteiger partial charge in [-0.2, -0.15) is 0 Å². The molecule has 1 unspecified atom stereocenters. The number of aromatic nitrogens is 1. The van der Waals surface area contributed by atoms with Crippen molar-refractivity contribution in [3.8, 4) is 0 Å². The van der Waals surface area contributed by atoms with Crippen LogP contribution in [0.1, 0.15) is 92.8 Å². The Labute approximate surface area is 343 Å². The van der Waals surface area contributed by atoms with Crippen molar-refractivity contribution in [2.75, 3.05) is 61.2 Å². The lowest BCUT2D eigenvalue weighted by Gasteiger charge is -2.53. The first-order valence-electron chi connectivity index (χ1n) is 19.3. The molecule has 0 saturated carbocycles. The summed E-state index contributed by atoms with van der Waals surface area (Å²) >= 11 is 7.59. The number of pyridine rings is 1. The van der Waals surface area contributed by atoms with Gasteiger partial charge in [0, 0.05) is 79.3 Å². The number of nitrogens with one attached hydrogen (secondary N) is 2. The first kappa shape index (κ1) is 43.1. The summed E-state index contributed by atoms with van der Waals surface area (Å²) in [5.41, 5.74) is 11.9. The summed E-state index contributed by atoms with van der Waals surface area (Å²) in [6, 6.07) is 15.7. The molecule has 302 valence electrons. The minimum atomic E-state index is -0.263. The summed E-state index contributed by atoms with van der Waals surface area (Å²) < 4.78 is 19.4. The van der Waals surface area contributed by atoms with Crippen molar-refractivity contribution in [1.29, 1.82) is 0 Å². The van der Waals surface area contributed by atoms with Gasteiger partial charge < -0.3 is 30.9 Å². The summed E-state index contributed by atoms with van der Waals surface area (Å²) in [6.45, 7) is 13.9. The normalized spacial score (nSPS) is 17.9. The summed E-state index contributed by atoms with van der Waals surface area (Å²) in [7, 11) is 1.97. The number of aryl methyl sites for hydroxylation is 1. The van der Waals surface area contributed by atoms with Gasteiger partial charge in [0.25, 0.3) is 11.8 Å². The molecule has 1 spiro atoms. The molecule has 57 heavy (non-hydrogen) atoms. The number of carbonyl (C=O) groups is 3. The van der Waals surface area contributed by atoms with Crippen LogP contribution in [0, 0.1) is 12.3 Å². The second kappa shape index (κ2) is 19.4. The van der Waals surface area contributed by atoms with E-state index in [0.29, 0.717) is 43.5 Å². The fraction of sp³-hybridized carbons (Fsp3) is 0.364. The SMILES string of the molecule is C/C=C(F)\C=C1/C(C)c2sc(C(=O)Nc3c(N)cccc3Cl)cc2CCN1C.CC.Cc1cnc(N2CC3(CCOCC3)C2)c(C(=O)Nc2ccc(C=O)cc2)c1. The minimum Gasteiger partial charge on any atom is -0.397 e. The molecule has 1 atom stereocenters. The van der Waals surface area contributed by atoms with Gasteiger partial charge in [0.15, 0.2) is 0 Å². The maximum atomic E-state index is 13.9. The Bertz CT molecular complexity index is 2100. The first-order valence-corrected chi connectivity index (χ1v) is 20.5. The molecule has 4 N–H and O–H groups in total. The maximum Gasteiger partial charge on any atom is 0.265 e. The Morgan fingerprint density at radius 2 is 1.77 bits per heavy atom. The van der Waals surface area contributed by atoms with E-state index in [1.807, 2.05) is 46.9 Å². The molecule has 5 heterocycles. The van der Waals surface area contributed by atoms with E-state index < -0.39 is 0 Å². The van der Waals surface area contributed by atoms with Gasteiger partial charge in [-0.1, -0.05) is 44.5 Å². The van der Waals surface area contributed by atoms with Crippen LogP contribution in [0.4, 0.5) is 27.3 Å². The van der Waals surface area contributed by atoms with Gasteiger partial charge in [-0.05, 0) is 98.8 Å². The summed E-state index contributed by atoms with van der Waals surface area (Å²) in [6.07, 6.45) is 8.54. The minimum absolute atomic E-state index is 0.00914. The van der Waals surface area contributed by atoms with E-state index in [1.54, 1.807) is 61.7 Å². The number of thiophene rings is 1. The van der Waals surface area contributed by atoms with Crippen molar-refractivity contribution in [2.45, 2.75) is 59.8 Å². The molecule has 2 amide bonds. The topological polar surface area (TPSA) is 130 Å². The number of nitrogen functional groups attached to an aromatic ring is 1. The predicted octanol–water partition coefficient (Wildman–Crippen LogP) is 9.68. The van der Waals surface area contributed by atoms with Gasteiger partial charge >= 0.3 is 0 Å². The third-order valence-corrected chi connectivity index (χ3v) is 12.0. The lowest BCUT2D eigenvalue weighted by molar-refractivity contribution is -0.000511. The van der Waals surface area contributed by atoms with Crippen LogP contribution in [-0.4, -0.2) is 67.9 Å². The average molecular weight is 815 g/mol. The number of ether oxygens (including phenoxy) is 1. The van der Waals surface area contributed by atoms with Gasteiger partial charge in [-0.25, -0.2) is 9.37 Å². The number of anilines is 4. The summed E-state index contributed by atoms with van der Waals surface area (Å²) in [5.74, 6) is 0.0299. The zero-order valence-corrected chi connectivity index (χ0v) is 35.0.